The molecule has 156 valence electrons. The number of aliphatic hydroxyl groups is 2. The normalized spacial score (nSPS) is 25.6. The molecule has 3 heterocycles. The predicted octanol–water partition coefficient (Wildman–Crippen LogP) is 1.48. The lowest BCUT2D eigenvalue weighted by molar-refractivity contribution is -0.0802. The zero-order chi connectivity index (χ0) is 21.2. The number of carbonyl (C=O) groups excluding carboxylic acids is 1. The van der Waals surface area contributed by atoms with Gasteiger partial charge in [0, 0.05) is 23.6 Å². The molecule has 0 aliphatic carbocycles. The maximum atomic E-state index is 13.5. The lowest BCUT2D eigenvalue weighted by Gasteiger charge is -2.43. The third kappa shape index (κ3) is 2.37. The summed E-state index contributed by atoms with van der Waals surface area (Å²) in [7, 11) is 1.38. The number of aliphatic hydroxyl groups excluding tert-OH is 1. The standard InChI is InChI=1S/C22H20O8/c1-10(8-23)16-5-12-15(29-16)4-3-11-20(12)30-19-9-28-17-7-14(24)18(27-2)6-13(17)22(19,26)21(11)25/h3-4,6-7,16,19,23-24,26H,1,5,8-9H2,2H3/t16-,19-,22-/m0/s1. The fraction of sp³-hybridized carbons (Fsp3) is 0.318. The number of carbonyl (C=O) groups is 1. The minimum atomic E-state index is -2.00. The number of methoxy groups -OCH3 is 1. The van der Waals surface area contributed by atoms with Gasteiger partial charge in [0.2, 0.25) is 5.78 Å². The molecule has 0 saturated heterocycles. The second-order valence-corrected chi connectivity index (χ2v) is 7.58. The van der Waals surface area contributed by atoms with Crippen molar-refractivity contribution in [2.24, 2.45) is 0 Å². The molecule has 0 spiro atoms. The van der Waals surface area contributed by atoms with E-state index in [0.29, 0.717) is 29.1 Å². The molecule has 3 atom stereocenters. The average molecular weight is 412 g/mol. The second-order valence-electron chi connectivity index (χ2n) is 7.58. The van der Waals surface area contributed by atoms with Gasteiger partial charge < -0.3 is 34.3 Å². The molecule has 0 aromatic heterocycles. The van der Waals surface area contributed by atoms with Gasteiger partial charge in [-0.3, -0.25) is 4.79 Å². The lowest BCUT2D eigenvalue weighted by Crippen LogP contribution is -2.57. The van der Waals surface area contributed by atoms with Crippen LogP contribution in [0.15, 0.2) is 36.4 Å². The molecule has 0 fully saturated rings. The molecule has 3 aliphatic heterocycles. The summed E-state index contributed by atoms with van der Waals surface area (Å²) in [5, 5.41) is 30.9. The van der Waals surface area contributed by atoms with Crippen LogP contribution in [0.25, 0.3) is 0 Å². The first-order valence-corrected chi connectivity index (χ1v) is 9.47. The van der Waals surface area contributed by atoms with Crippen LogP contribution in [-0.4, -0.2) is 53.6 Å². The molecule has 2 aromatic carbocycles. The number of ether oxygens (including phenoxy) is 4. The lowest BCUT2D eigenvalue weighted by atomic mass is 9.77. The highest BCUT2D eigenvalue weighted by atomic mass is 16.6. The zero-order valence-corrected chi connectivity index (χ0v) is 16.2. The smallest absolute Gasteiger partial charge is 0.206 e. The van der Waals surface area contributed by atoms with E-state index in [9.17, 15) is 20.1 Å². The Labute approximate surface area is 171 Å². The number of hydrogen-bond donors (Lipinski definition) is 3. The van der Waals surface area contributed by atoms with Crippen molar-refractivity contribution in [3.63, 3.8) is 0 Å². The molecule has 5 rings (SSSR count). The van der Waals surface area contributed by atoms with Gasteiger partial charge >= 0.3 is 0 Å². The Hall–Kier alpha value is -3.23. The van der Waals surface area contributed by atoms with E-state index >= 15 is 0 Å². The van der Waals surface area contributed by atoms with Crippen LogP contribution in [-0.2, 0) is 12.0 Å². The summed E-state index contributed by atoms with van der Waals surface area (Å²) in [6, 6.07) is 5.91. The quantitative estimate of drug-likeness (QED) is 0.650. The second kappa shape index (κ2) is 6.38. The fourth-order valence-electron chi connectivity index (χ4n) is 4.26. The summed E-state index contributed by atoms with van der Waals surface area (Å²) in [6.45, 7) is 3.52. The summed E-state index contributed by atoms with van der Waals surface area (Å²) >= 11 is 0. The van der Waals surface area contributed by atoms with Crippen molar-refractivity contribution in [2.75, 3.05) is 20.3 Å². The van der Waals surface area contributed by atoms with Crippen molar-refractivity contribution in [3.8, 4) is 28.7 Å². The van der Waals surface area contributed by atoms with Gasteiger partial charge in [-0.25, -0.2) is 0 Å². The number of phenols is 1. The van der Waals surface area contributed by atoms with E-state index in [2.05, 4.69) is 6.58 Å². The van der Waals surface area contributed by atoms with E-state index in [0.717, 1.165) is 0 Å². The third-order valence-electron chi connectivity index (χ3n) is 5.93. The van der Waals surface area contributed by atoms with Crippen molar-refractivity contribution in [1.82, 2.24) is 0 Å². The molecule has 8 heteroatoms. The number of phenolic OH excluding ortho intramolecular Hbond substituents is 1. The first kappa shape index (κ1) is 18.8. The fourth-order valence-corrected chi connectivity index (χ4v) is 4.26. The monoisotopic (exact) mass is 412 g/mol. The van der Waals surface area contributed by atoms with Crippen LogP contribution >= 0.6 is 0 Å². The maximum absolute atomic E-state index is 13.5. The number of hydrogen-bond acceptors (Lipinski definition) is 8. The Morgan fingerprint density at radius 3 is 2.83 bits per heavy atom. The summed E-state index contributed by atoms with van der Waals surface area (Å²) in [6.07, 6.45) is -1.01. The van der Waals surface area contributed by atoms with E-state index in [1.54, 1.807) is 12.1 Å². The summed E-state index contributed by atoms with van der Waals surface area (Å²) in [4.78, 5) is 13.5. The van der Waals surface area contributed by atoms with Crippen LogP contribution < -0.4 is 18.9 Å². The van der Waals surface area contributed by atoms with Gasteiger partial charge in [0.1, 0.15) is 30.0 Å². The van der Waals surface area contributed by atoms with Gasteiger partial charge in [-0.2, -0.15) is 0 Å². The number of rotatable bonds is 3. The van der Waals surface area contributed by atoms with Gasteiger partial charge in [0.15, 0.2) is 23.2 Å². The highest BCUT2D eigenvalue weighted by molar-refractivity contribution is 6.07. The van der Waals surface area contributed by atoms with E-state index in [4.69, 9.17) is 18.9 Å². The van der Waals surface area contributed by atoms with Crippen molar-refractivity contribution in [2.45, 2.75) is 24.2 Å². The van der Waals surface area contributed by atoms with Crippen molar-refractivity contribution in [3.05, 3.63) is 53.1 Å². The van der Waals surface area contributed by atoms with Gasteiger partial charge in [-0.15, -0.1) is 0 Å². The largest absolute Gasteiger partial charge is 0.504 e. The Balaban J connectivity index is 1.61. The van der Waals surface area contributed by atoms with Crippen LogP contribution in [0.2, 0.25) is 0 Å². The summed E-state index contributed by atoms with van der Waals surface area (Å²) in [5.41, 5.74) is -0.376. The van der Waals surface area contributed by atoms with E-state index in [1.807, 2.05) is 0 Å². The highest BCUT2D eigenvalue weighted by Gasteiger charge is 2.56. The number of aromatic hydroxyl groups is 1. The molecule has 2 aromatic rings. The highest BCUT2D eigenvalue weighted by Crippen LogP contribution is 2.51. The van der Waals surface area contributed by atoms with Gasteiger partial charge in [0.05, 0.1) is 19.3 Å². The number of benzene rings is 2. The minimum absolute atomic E-state index is 0.0856. The molecule has 0 bridgehead atoms. The van der Waals surface area contributed by atoms with Gasteiger partial charge in [-0.05, 0) is 23.8 Å². The first-order valence-electron chi connectivity index (χ1n) is 9.47. The number of ketones is 1. The SMILES string of the molecule is C=C(CO)[C@@H]1Cc2c(ccc3c2O[C@H]2COc4cc(O)c(OC)cc4[C@@]2(O)C3=O)O1. The molecule has 3 N–H and O–H groups in total. The molecule has 30 heavy (non-hydrogen) atoms. The third-order valence-corrected chi connectivity index (χ3v) is 5.93. The number of fused-ring (bicyclic) bond motifs is 6. The van der Waals surface area contributed by atoms with Gasteiger partial charge in [-0.1, -0.05) is 6.58 Å². The van der Waals surface area contributed by atoms with E-state index < -0.39 is 23.6 Å². The van der Waals surface area contributed by atoms with Crippen LogP contribution in [0.4, 0.5) is 0 Å². The van der Waals surface area contributed by atoms with Crippen molar-refractivity contribution < 1.29 is 39.1 Å². The van der Waals surface area contributed by atoms with E-state index in [-0.39, 0.29) is 41.6 Å². The molecular formula is C22H20O8. The zero-order valence-electron chi connectivity index (χ0n) is 16.2. The van der Waals surface area contributed by atoms with Crippen LogP contribution in [0.5, 0.6) is 28.7 Å². The van der Waals surface area contributed by atoms with Crippen molar-refractivity contribution in [1.29, 1.82) is 0 Å². The molecule has 0 saturated carbocycles. The molecule has 0 unspecified atom stereocenters. The Morgan fingerprint density at radius 1 is 1.30 bits per heavy atom. The minimum Gasteiger partial charge on any atom is -0.504 e. The first-order chi connectivity index (χ1) is 14.4. The van der Waals surface area contributed by atoms with Crippen LogP contribution in [0.1, 0.15) is 21.5 Å². The molecule has 0 amide bonds. The topological polar surface area (TPSA) is 115 Å². The van der Waals surface area contributed by atoms with Gasteiger partial charge in [0.25, 0.3) is 0 Å². The number of Topliss-reactive ketones (excluding diaryl/α,β-unsaturated/α-hetero) is 1. The van der Waals surface area contributed by atoms with Crippen LogP contribution in [0.3, 0.4) is 0 Å². The maximum Gasteiger partial charge on any atom is 0.206 e. The molecule has 8 nitrogen and oxygen atoms in total. The van der Waals surface area contributed by atoms with Crippen LogP contribution in [0, 0.1) is 0 Å². The summed E-state index contributed by atoms with van der Waals surface area (Å²) in [5.74, 6) is 0.508. The average Bonchev–Trinajstić information content (AvgIpc) is 3.19. The Kier molecular flexibility index (Phi) is 4.00. The molecule has 3 aliphatic rings. The molecule has 0 radical (unpaired) electrons. The Morgan fingerprint density at radius 2 is 2.10 bits per heavy atom. The summed E-state index contributed by atoms with van der Waals surface area (Å²) < 4.78 is 22.7. The predicted molar refractivity (Wildman–Crippen MR) is 104 cm³/mol. The Bertz CT molecular complexity index is 1090. The molecular weight excluding hydrogens is 392 g/mol. The van der Waals surface area contributed by atoms with Crippen molar-refractivity contribution >= 4 is 5.78 Å². The van der Waals surface area contributed by atoms with E-state index in [1.165, 1.54) is 19.2 Å².